The first-order chi connectivity index (χ1) is 9.63. The molecule has 1 amide bonds. The van der Waals surface area contributed by atoms with E-state index >= 15 is 0 Å². The van der Waals surface area contributed by atoms with E-state index < -0.39 is 0 Å². The van der Waals surface area contributed by atoms with Gasteiger partial charge in [0, 0.05) is 26.3 Å². The minimum absolute atomic E-state index is 0.0163. The van der Waals surface area contributed by atoms with Crippen molar-refractivity contribution in [3.05, 3.63) is 18.0 Å². The standard InChI is InChI=1S/C15H26N4O/c1-4-19(5-2)15(20)14-11-12(6-8-16-14)10-13-7-9-18(3)17-13/h7,9,12,14,16H,4-6,8,10-11H2,1-3H3. The molecule has 2 rings (SSSR count). The molecule has 112 valence electrons. The van der Waals surface area contributed by atoms with E-state index in [0.29, 0.717) is 5.92 Å². The predicted octanol–water partition coefficient (Wildman–Crippen LogP) is 1.20. The molecule has 1 aliphatic heterocycles. The number of carbonyl (C=O) groups is 1. The maximum atomic E-state index is 12.4. The van der Waals surface area contributed by atoms with Crippen molar-refractivity contribution in [3.8, 4) is 0 Å². The molecule has 0 aliphatic carbocycles. The topological polar surface area (TPSA) is 50.2 Å². The summed E-state index contributed by atoms with van der Waals surface area (Å²) in [6.07, 6.45) is 5.00. The van der Waals surface area contributed by atoms with E-state index in [-0.39, 0.29) is 11.9 Å². The lowest BCUT2D eigenvalue weighted by molar-refractivity contribution is -0.134. The monoisotopic (exact) mass is 278 g/mol. The lowest BCUT2D eigenvalue weighted by Gasteiger charge is -2.32. The fourth-order valence-electron chi connectivity index (χ4n) is 2.99. The number of likely N-dealkylation sites (N-methyl/N-ethyl adjacent to an activating group) is 1. The average Bonchev–Trinajstić information content (AvgIpc) is 2.85. The fourth-order valence-corrected chi connectivity index (χ4v) is 2.99. The Bertz CT molecular complexity index is 439. The molecule has 1 aromatic heterocycles. The molecule has 0 radical (unpaired) electrons. The third-order valence-corrected chi connectivity index (χ3v) is 4.15. The van der Waals surface area contributed by atoms with Crippen molar-refractivity contribution >= 4 is 5.91 Å². The highest BCUT2D eigenvalue weighted by molar-refractivity contribution is 5.82. The molecule has 20 heavy (non-hydrogen) atoms. The highest BCUT2D eigenvalue weighted by Crippen LogP contribution is 2.21. The summed E-state index contributed by atoms with van der Waals surface area (Å²) in [5, 5.41) is 7.82. The highest BCUT2D eigenvalue weighted by atomic mass is 16.2. The largest absolute Gasteiger partial charge is 0.342 e. The van der Waals surface area contributed by atoms with Gasteiger partial charge in [-0.2, -0.15) is 5.10 Å². The van der Waals surface area contributed by atoms with E-state index in [2.05, 4.69) is 16.5 Å². The molecular formula is C15H26N4O. The zero-order chi connectivity index (χ0) is 14.5. The second kappa shape index (κ2) is 6.88. The molecular weight excluding hydrogens is 252 g/mol. The van der Waals surface area contributed by atoms with Crippen molar-refractivity contribution in [2.24, 2.45) is 13.0 Å². The van der Waals surface area contributed by atoms with Crippen molar-refractivity contribution in [1.29, 1.82) is 0 Å². The molecule has 1 saturated heterocycles. The Morgan fingerprint density at radius 2 is 2.25 bits per heavy atom. The van der Waals surface area contributed by atoms with Crippen molar-refractivity contribution in [2.45, 2.75) is 39.2 Å². The minimum Gasteiger partial charge on any atom is -0.342 e. The number of hydrogen-bond acceptors (Lipinski definition) is 3. The Morgan fingerprint density at radius 3 is 2.85 bits per heavy atom. The first-order valence-corrected chi connectivity index (χ1v) is 7.64. The average molecular weight is 278 g/mol. The highest BCUT2D eigenvalue weighted by Gasteiger charge is 2.29. The van der Waals surface area contributed by atoms with Gasteiger partial charge < -0.3 is 10.2 Å². The Hall–Kier alpha value is -1.36. The number of piperidine rings is 1. The number of carbonyl (C=O) groups excluding carboxylic acids is 1. The van der Waals surface area contributed by atoms with Crippen molar-refractivity contribution in [3.63, 3.8) is 0 Å². The van der Waals surface area contributed by atoms with Crippen LogP contribution in [0.4, 0.5) is 0 Å². The second-order valence-electron chi connectivity index (χ2n) is 5.59. The Morgan fingerprint density at radius 1 is 1.50 bits per heavy atom. The van der Waals surface area contributed by atoms with Crippen molar-refractivity contribution < 1.29 is 4.79 Å². The Kier molecular flexibility index (Phi) is 5.17. The molecule has 1 aliphatic rings. The van der Waals surface area contributed by atoms with Gasteiger partial charge in [-0.05, 0) is 51.6 Å². The van der Waals surface area contributed by atoms with Crippen LogP contribution in [-0.4, -0.2) is 46.3 Å². The molecule has 2 atom stereocenters. The molecule has 5 heteroatoms. The van der Waals surface area contributed by atoms with Crippen LogP contribution in [0.1, 0.15) is 32.4 Å². The molecule has 1 fully saturated rings. The number of rotatable bonds is 5. The third-order valence-electron chi connectivity index (χ3n) is 4.15. The van der Waals surface area contributed by atoms with Gasteiger partial charge in [0.15, 0.2) is 0 Å². The van der Waals surface area contributed by atoms with E-state index in [1.807, 2.05) is 36.7 Å². The molecule has 1 aromatic rings. The summed E-state index contributed by atoms with van der Waals surface area (Å²) < 4.78 is 1.84. The summed E-state index contributed by atoms with van der Waals surface area (Å²) >= 11 is 0. The summed E-state index contributed by atoms with van der Waals surface area (Å²) in [6, 6.07) is 2.06. The van der Waals surface area contributed by atoms with E-state index in [1.165, 1.54) is 0 Å². The van der Waals surface area contributed by atoms with Crippen LogP contribution in [0.2, 0.25) is 0 Å². The van der Waals surface area contributed by atoms with Crippen molar-refractivity contribution in [2.75, 3.05) is 19.6 Å². The van der Waals surface area contributed by atoms with E-state index in [9.17, 15) is 4.79 Å². The van der Waals surface area contributed by atoms with Crippen LogP contribution in [0.5, 0.6) is 0 Å². The van der Waals surface area contributed by atoms with Gasteiger partial charge in [0.2, 0.25) is 5.91 Å². The molecule has 1 N–H and O–H groups in total. The normalized spacial score (nSPS) is 22.8. The Labute approximate surface area is 121 Å². The molecule has 5 nitrogen and oxygen atoms in total. The van der Waals surface area contributed by atoms with Gasteiger partial charge in [0.1, 0.15) is 0 Å². The van der Waals surface area contributed by atoms with Crippen LogP contribution < -0.4 is 5.32 Å². The quantitative estimate of drug-likeness (QED) is 0.880. The second-order valence-corrected chi connectivity index (χ2v) is 5.59. The van der Waals surface area contributed by atoms with Crippen LogP contribution in [0, 0.1) is 5.92 Å². The van der Waals surface area contributed by atoms with E-state index in [4.69, 9.17) is 0 Å². The summed E-state index contributed by atoms with van der Waals surface area (Å²) in [5.74, 6) is 0.802. The molecule has 0 saturated carbocycles. The number of amides is 1. The van der Waals surface area contributed by atoms with Crippen LogP contribution >= 0.6 is 0 Å². The van der Waals surface area contributed by atoms with Gasteiger partial charge in [0.25, 0.3) is 0 Å². The third kappa shape index (κ3) is 3.60. The predicted molar refractivity (Wildman–Crippen MR) is 79.4 cm³/mol. The van der Waals surface area contributed by atoms with Crippen LogP contribution in [0.25, 0.3) is 0 Å². The van der Waals surface area contributed by atoms with Crippen LogP contribution in [0.15, 0.2) is 12.3 Å². The zero-order valence-corrected chi connectivity index (χ0v) is 12.8. The number of nitrogens with one attached hydrogen (secondary N) is 1. The lowest BCUT2D eigenvalue weighted by Crippen LogP contribution is -2.50. The molecule has 0 aromatic carbocycles. The molecule has 0 bridgehead atoms. The smallest absolute Gasteiger partial charge is 0.239 e. The number of nitrogens with zero attached hydrogens (tertiary/aromatic N) is 3. The van der Waals surface area contributed by atoms with Crippen LogP contribution in [0.3, 0.4) is 0 Å². The maximum Gasteiger partial charge on any atom is 0.239 e. The van der Waals surface area contributed by atoms with E-state index in [1.54, 1.807) is 0 Å². The molecule has 2 heterocycles. The maximum absolute atomic E-state index is 12.4. The van der Waals surface area contributed by atoms with Gasteiger partial charge in [0.05, 0.1) is 11.7 Å². The summed E-state index contributed by atoms with van der Waals surface area (Å²) in [6.45, 7) is 6.58. The number of aromatic nitrogens is 2. The van der Waals surface area contributed by atoms with Gasteiger partial charge in [-0.1, -0.05) is 0 Å². The lowest BCUT2D eigenvalue weighted by atomic mass is 9.88. The first kappa shape index (κ1) is 15.0. The minimum atomic E-state index is -0.0163. The van der Waals surface area contributed by atoms with Crippen molar-refractivity contribution in [1.82, 2.24) is 20.0 Å². The summed E-state index contributed by atoms with van der Waals surface area (Å²) in [5.41, 5.74) is 1.13. The van der Waals surface area contributed by atoms with Gasteiger partial charge in [-0.3, -0.25) is 9.48 Å². The summed E-state index contributed by atoms with van der Waals surface area (Å²) in [7, 11) is 1.94. The van der Waals surface area contributed by atoms with Gasteiger partial charge >= 0.3 is 0 Å². The number of hydrogen-bond donors (Lipinski definition) is 1. The van der Waals surface area contributed by atoms with Gasteiger partial charge in [-0.15, -0.1) is 0 Å². The zero-order valence-electron chi connectivity index (χ0n) is 12.8. The Balaban J connectivity index is 1.92. The number of aryl methyl sites for hydroxylation is 1. The molecule has 2 unspecified atom stereocenters. The fraction of sp³-hybridized carbons (Fsp3) is 0.733. The first-order valence-electron chi connectivity index (χ1n) is 7.64. The van der Waals surface area contributed by atoms with E-state index in [0.717, 1.165) is 44.6 Å². The summed E-state index contributed by atoms with van der Waals surface area (Å²) in [4.78, 5) is 14.3. The van der Waals surface area contributed by atoms with Gasteiger partial charge in [-0.25, -0.2) is 0 Å². The molecule has 0 spiro atoms. The van der Waals surface area contributed by atoms with Crippen LogP contribution in [-0.2, 0) is 18.3 Å². The SMILES string of the molecule is CCN(CC)C(=O)C1CC(Cc2ccn(C)n2)CCN1.